The van der Waals surface area contributed by atoms with Gasteiger partial charge in [0.15, 0.2) is 0 Å². The monoisotopic (exact) mass is 368 g/mol. The lowest BCUT2D eigenvalue weighted by molar-refractivity contribution is 0.0566. The van der Waals surface area contributed by atoms with Crippen molar-refractivity contribution in [1.29, 1.82) is 0 Å². The molecule has 0 aliphatic heterocycles. The molecule has 0 radical (unpaired) electrons. The number of allylic oxidation sites excluding steroid dienone is 1. The largest absolute Gasteiger partial charge is 0.472 e. The summed E-state index contributed by atoms with van der Waals surface area (Å²) < 4.78 is 11.3. The zero-order chi connectivity index (χ0) is 19.3. The Hall–Kier alpha value is -2.20. The molecule has 1 atom stereocenters. The van der Waals surface area contributed by atoms with Gasteiger partial charge in [0.1, 0.15) is 6.61 Å². The summed E-state index contributed by atoms with van der Waals surface area (Å²) >= 11 is 0. The first-order valence-electron chi connectivity index (χ1n) is 10.0. The zero-order valence-corrected chi connectivity index (χ0v) is 16.7. The van der Waals surface area contributed by atoms with Crippen LogP contribution in [-0.4, -0.2) is 29.3 Å². The smallest absolute Gasteiger partial charge is 0.233 e. The minimum Gasteiger partial charge on any atom is -0.472 e. The molecule has 0 N–H and O–H groups in total. The lowest BCUT2D eigenvalue weighted by Gasteiger charge is -2.12. The lowest BCUT2D eigenvalue weighted by atomic mass is 10.1. The van der Waals surface area contributed by atoms with E-state index in [9.17, 15) is 0 Å². The van der Waals surface area contributed by atoms with Crippen molar-refractivity contribution in [2.75, 3.05) is 13.2 Å². The molecule has 0 aliphatic rings. The van der Waals surface area contributed by atoms with Crippen LogP contribution in [0.2, 0.25) is 0 Å². The first-order valence-corrected chi connectivity index (χ1v) is 10.0. The highest BCUT2D eigenvalue weighted by Crippen LogP contribution is 2.17. The summed E-state index contributed by atoms with van der Waals surface area (Å²) in [7, 11) is 0. The van der Waals surface area contributed by atoms with Gasteiger partial charge in [0, 0.05) is 6.61 Å². The maximum absolute atomic E-state index is 5.84. The maximum Gasteiger partial charge on any atom is 0.233 e. The van der Waals surface area contributed by atoms with Gasteiger partial charge in [-0.25, -0.2) is 9.97 Å². The number of hydrogen-bond acceptors (Lipinski definition) is 4. The van der Waals surface area contributed by atoms with Gasteiger partial charge in [0.05, 0.1) is 23.3 Å². The van der Waals surface area contributed by atoms with Crippen LogP contribution in [0.1, 0.15) is 57.9 Å². The summed E-state index contributed by atoms with van der Waals surface area (Å²) in [5, 5.41) is 0. The summed E-state index contributed by atoms with van der Waals surface area (Å²) in [5.74, 6) is 0.525. The molecule has 0 bridgehead atoms. The highest BCUT2D eigenvalue weighted by molar-refractivity contribution is 5.77. The van der Waals surface area contributed by atoms with Crippen molar-refractivity contribution < 1.29 is 9.47 Å². The molecular formula is C23H32N2O2. The van der Waals surface area contributed by atoms with Crippen LogP contribution in [0.25, 0.3) is 17.1 Å². The summed E-state index contributed by atoms with van der Waals surface area (Å²) in [6.45, 7) is 9.35. The van der Waals surface area contributed by atoms with Crippen LogP contribution >= 0.6 is 0 Å². The van der Waals surface area contributed by atoms with E-state index in [1.165, 1.54) is 19.3 Å². The van der Waals surface area contributed by atoms with E-state index in [1.54, 1.807) is 12.3 Å². The number of unbranched alkanes of at least 4 members (excludes halogenated alkanes) is 3. The van der Waals surface area contributed by atoms with E-state index in [-0.39, 0.29) is 0 Å². The quantitative estimate of drug-likeness (QED) is 0.322. The lowest BCUT2D eigenvalue weighted by Crippen LogP contribution is -2.08. The second-order valence-corrected chi connectivity index (χ2v) is 6.78. The van der Waals surface area contributed by atoms with Gasteiger partial charge in [-0.3, -0.25) is 0 Å². The van der Waals surface area contributed by atoms with E-state index in [0.717, 1.165) is 42.5 Å². The fourth-order valence-electron chi connectivity index (χ4n) is 2.79. The second-order valence-electron chi connectivity index (χ2n) is 6.78. The Balaban J connectivity index is 1.76. The molecule has 4 nitrogen and oxygen atoms in total. The first kappa shape index (κ1) is 21.1. The predicted molar refractivity (Wildman–Crippen MR) is 113 cm³/mol. The Morgan fingerprint density at radius 3 is 2.89 bits per heavy atom. The van der Waals surface area contributed by atoms with E-state index in [1.807, 2.05) is 6.07 Å². The molecule has 0 saturated heterocycles. The minimum atomic E-state index is 0.351. The highest BCUT2D eigenvalue weighted by atomic mass is 16.5. The molecule has 2 aromatic rings. The van der Waals surface area contributed by atoms with Crippen molar-refractivity contribution >= 4 is 17.1 Å². The van der Waals surface area contributed by atoms with E-state index >= 15 is 0 Å². The number of aromatic nitrogens is 2. The van der Waals surface area contributed by atoms with Crippen LogP contribution in [0.15, 0.2) is 43.1 Å². The van der Waals surface area contributed by atoms with Crippen LogP contribution in [0.4, 0.5) is 0 Å². The van der Waals surface area contributed by atoms with Gasteiger partial charge in [0.2, 0.25) is 5.88 Å². The number of benzene rings is 1. The predicted octanol–water partition coefficient (Wildman–Crippen LogP) is 5.97. The van der Waals surface area contributed by atoms with Crippen LogP contribution in [0.3, 0.4) is 0 Å². The Labute approximate surface area is 163 Å². The van der Waals surface area contributed by atoms with Crippen LogP contribution in [-0.2, 0) is 4.74 Å². The molecule has 4 heteroatoms. The van der Waals surface area contributed by atoms with Gasteiger partial charge in [-0.2, -0.15) is 0 Å². The Morgan fingerprint density at radius 1 is 1.19 bits per heavy atom. The molecular weight excluding hydrogens is 336 g/mol. The van der Waals surface area contributed by atoms with Crippen LogP contribution in [0.5, 0.6) is 5.88 Å². The number of rotatable bonds is 13. The highest BCUT2D eigenvalue weighted by Gasteiger charge is 2.02. The van der Waals surface area contributed by atoms with Gasteiger partial charge in [-0.15, -0.1) is 0 Å². The van der Waals surface area contributed by atoms with Gasteiger partial charge in [-0.1, -0.05) is 50.6 Å². The third-order valence-corrected chi connectivity index (χ3v) is 4.34. The number of hydrogen-bond donors (Lipinski definition) is 0. The summed E-state index contributed by atoms with van der Waals surface area (Å²) in [6, 6.07) is 6.09. The average Bonchev–Trinajstić information content (AvgIpc) is 2.69. The van der Waals surface area contributed by atoms with E-state index in [0.29, 0.717) is 18.6 Å². The zero-order valence-electron chi connectivity index (χ0n) is 16.7. The summed E-state index contributed by atoms with van der Waals surface area (Å²) in [4.78, 5) is 8.88. The van der Waals surface area contributed by atoms with Gasteiger partial charge < -0.3 is 9.47 Å². The number of fused-ring (bicyclic) bond motifs is 1. The Bertz CT molecular complexity index is 727. The van der Waals surface area contributed by atoms with Crippen molar-refractivity contribution in [3.63, 3.8) is 0 Å². The topological polar surface area (TPSA) is 44.2 Å². The Kier molecular flexibility index (Phi) is 9.56. The molecule has 146 valence electrons. The molecule has 1 aromatic carbocycles. The van der Waals surface area contributed by atoms with Crippen molar-refractivity contribution in [3.8, 4) is 5.88 Å². The molecule has 0 spiro atoms. The molecule has 0 amide bonds. The molecule has 1 aromatic heterocycles. The van der Waals surface area contributed by atoms with Gasteiger partial charge >= 0.3 is 0 Å². The summed E-state index contributed by atoms with van der Waals surface area (Å²) in [5.41, 5.74) is 2.85. The molecule has 0 aliphatic carbocycles. The molecule has 1 heterocycles. The third-order valence-electron chi connectivity index (χ3n) is 4.34. The molecule has 1 unspecified atom stereocenters. The fraction of sp³-hybridized carbons (Fsp3) is 0.478. The van der Waals surface area contributed by atoms with Crippen molar-refractivity contribution in [3.05, 3.63) is 48.7 Å². The van der Waals surface area contributed by atoms with E-state index in [2.05, 4.69) is 54.7 Å². The van der Waals surface area contributed by atoms with Crippen LogP contribution < -0.4 is 4.74 Å². The van der Waals surface area contributed by atoms with Crippen molar-refractivity contribution in [2.45, 2.75) is 58.5 Å². The summed E-state index contributed by atoms with van der Waals surface area (Å²) in [6.07, 6.45) is 15.0. The second kappa shape index (κ2) is 12.2. The minimum absolute atomic E-state index is 0.351. The third kappa shape index (κ3) is 7.92. The van der Waals surface area contributed by atoms with Gasteiger partial charge in [-0.05, 0) is 50.3 Å². The van der Waals surface area contributed by atoms with Crippen molar-refractivity contribution in [1.82, 2.24) is 9.97 Å². The van der Waals surface area contributed by atoms with Crippen molar-refractivity contribution in [2.24, 2.45) is 0 Å². The molecule has 0 fully saturated rings. The molecule has 0 saturated carbocycles. The first-order chi connectivity index (χ1) is 13.2. The SMILES string of the molecule is C=CCOc1cnc2cc(/C=C/CCCC(C)OCCCCC)ccc2n1. The van der Waals surface area contributed by atoms with Crippen LogP contribution in [0, 0.1) is 0 Å². The average molecular weight is 369 g/mol. The van der Waals surface area contributed by atoms with E-state index in [4.69, 9.17) is 9.47 Å². The Morgan fingerprint density at radius 2 is 2.07 bits per heavy atom. The van der Waals surface area contributed by atoms with E-state index < -0.39 is 0 Å². The number of ether oxygens (including phenoxy) is 2. The molecule has 27 heavy (non-hydrogen) atoms. The maximum atomic E-state index is 5.84. The fourth-order valence-corrected chi connectivity index (χ4v) is 2.79. The standard InChI is InChI=1S/C23H32N2O2/c1-4-6-10-16-26-19(3)11-8-7-9-12-20-13-14-21-22(17-20)24-18-23(25-21)27-15-5-2/h5,9,12-14,17-19H,2,4,6-8,10-11,15-16H2,1,3H3/b12-9+. The molecule has 2 rings (SSSR count). The number of nitrogens with zero attached hydrogens (tertiary/aromatic N) is 2. The normalized spacial score (nSPS) is 12.5. The van der Waals surface area contributed by atoms with Gasteiger partial charge in [0.25, 0.3) is 0 Å².